The molecule has 1 aromatic carbocycles. The molecule has 0 heterocycles. The van der Waals surface area contributed by atoms with Crippen LogP contribution in [-0.2, 0) is 0 Å². The van der Waals surface area contributed by atoms with Crippen LogP contribution in [0.1, 0.15) is 22.8 Å². The maximum atomic E-state index is 12.4. The summed E-state index contributed by atoms with van der Waals surface area (Å²) in [5.41, 5.74) is 1.26. The Morgan fingerprint density at radius 3 is 2.44 bits per heavy atom. The van der Waals surface area contributed by atoms with E-state index in [1.807, 2.05) is 0 Å². The number of alkyl halides is 3. The zero-order valence-electron chi connectivity index (χ0n) is 10.2. The standard InChI is InChI=1S/C12H13F3N2O/c1-4-16-10-6-5-9(7-8(10)2)11(18)17(3)12(13,14)15/h4-7H,1-3H3. The zero-order chi connectivity index (χ0) is 13.9. The fraction of sp³-hybridized carbons (Fsp3) is 0.333. The zero-order valence-corrected chi connectivity index (χ0v) is 10.2. The molecule has 0 aliphatic rings. The van der Waals surface area contributed by atoms with Crippen molar-refractivity contribution >= 4 is 17.8 Å². The Morgan fingerprint density at radius 2 is 2.00 bits per heavy atom. The lowest BCUT2D eigenvalue weighted by molar-refractivity contribution is -0.216. The number of aryl methyl sites for hydroxylation is 1. The number of hydrogen-bond acceptors (Lipinski definition) is 2. The molecule has 0 bridgehead atoms. The summed E-state index contributed by atoms with van der Waals surface area (Å²) in [6.45, 7) is 3.42. The third-order valence-corrected chi connectivity index (χ3v) is 2.40. The SMILES string of the molecule is CC=Nc1ccc(C(=O)N(C)C(F)(F)F)cc1C. The first-order valence-corrected chi connectivity index (χ1v) is 5.21. The molecule has 0 aliphatic heterocycles. The predicted molar refractivity (Wildman–Crippen MR) is 63.2 cm³/mol. The van der Waals surface area contributed by atoms with Gasteiger partial charge in [0.05, 0.1) is 5.69 Å². The predicted octanol–water partition coefficient (Wildman–Crippen LogP) is 3.31. The molecule has 0 aromatic heterocycles. The van der Waals surface area contributed by atoms with Crippen molar-refractivity contribution in [3.05, 3.63) is 29.3 Å². The molecule has 0 saturated heterocycles. The summed E-state index contributed by atoms with van der Waals surface area (Å²) >= 11 is 0. The third-order valence-electron chi connectivity index (χ3n) is 2.40. The molecule has 98 valence electrons. The van der Waals surface area contributed by atoms with Crippen molar-refractivity contribution in [3.8, 4) is 0 Å². The van der Waals surface area contributed by atoms with Gasteiger partial charge in [0.25, 0.3) is 5.91 Å². The van der Waals surface area contributed by atoms with E-state index >= 15 is 0 Å². The van der Waals surface area contributed by atoms with Crippen molar-refractivity contribution in [2.24, 2.45) is 4.99 Å². The minimum absolute atomic E-state index is 0.0117. The van der Waals surface area contributed by atoms with Gasteiger partial charge in [0.2, 0.25) is 0 Å². The number of halogens is 3. The van der Waals surface area contributed by atoms with Gasteiger partial charge < -0.3 is 0 Å². The minimum Gasteiger partial charge on any atom is -0.269 e. The number of carbonyl (C=O) groups excluding carboxylic acids is 1. The molecule has 0 fully saturated rings. The molecule has 1 amide bonds. The Labute approximate surface area is 103 Å². The number of benzene rings is 1. The van der Waals surface area contributed by atoms with E-state index in [4.69, 9.17) is 0 Å². The van der Waals surface area contributed by atoms with Gasteiger partial charge in [-0.3, -0.25) is 14.7 Å². The van der Waals surface area contributed by atoms with Gasteiger partial charge in [0, 0.05) is 18.8 Å². The van der Waals surface area contributed by atoms with Crippen LogP contribution in [0.25, 0.3) is 0 Å². The van der Waals surface area contributed by atoms with Crippen LogP contribution in [0.5, 0.6) is 0 Å². The van der Waals surface area contributed by atoms with E-state index in [0.717, 1.165) is 0 Å². The molecule has 18 heavy (non-hydrogen) atoms. The van der Waals surface area contributed by atoms with E-state index in [0.29, 0.717) is 18.3 Å². The Kier molecular flexibility index (Phi) is 4.11. The first-order chi connectivity index (χ1) is 8.27. The molecule has 0 aliphatic carbocycles. The topological polar surface area (TPSA) is 32.7 Å². The van der Waals surface area contributed by atoms with Crippen LogP contribution >= 0.6 is 0 Å². The lowest BCUT2D eigenvalue weighted by atomic mass is 10.1. The highest BCUT2D eigenvalue weighted by molar-refractivity contribution is 5.95. The van der Waals surface area contributed by atoms with Gasteiger partial charge in [-0.15, -0.1) is 13.2 Å². The fourth-order valence-electron chi connectivity index (χ4n) is 1.38. The normalized spacial score (nSPS) is 11.9. The van der Waals surface area contributed by atoms with Gasteiger partial charge in [0.1, 0.15) is 0 Å². The van der Waals surface area contributed by atoms with Crippen molar-refractivity contribution < 1.29 is 18.0 Å². The Balaban J connectivity index is 3.05. The van der Waals surface area contributed by atoms with Gasteiger partial charge in [-0.25, -0.2) is 0 Å². The van der Waals surface area contributed by atoms with Crippen LogP contribution < -0.4 is 0 Å². The van der Waals surface area contributed by atoms with E-state index in [1.165, 1.54) is 18.2 Å². The van der Waals surface area contributed by atoms with Crippen LogP contribution in [0.15, 0.2) is 23.2 Å². The maximum Gasteiger partial charge on any atom is 0.487 e. The number of aliphatic imine (C=N–C) groups is 1. The minimum atomic E-state index is -4.68. The average molecular weight is 258 g/mol. The smallest absolute Gasteiger partial charge is 0.269 e. The molecule has 1 aromatic rings. The highest BCUT2D eigenvalue weighted by Gasteiger charge is 2.38. The highest BCUT2D eigenvalue weighted by atomic mass is 19.4. The van der Waals surface area contributed by atoms with Gasteiger partial charge >= 0.3 is 6.30 Å². The molecule has 0 unspecified atom stereocenters. The summed E-state index contributed by atoms with van der Waals surface area (Å²) in [4.78, 5) is 15.4. The van der Waals surface area contributed by atoms with E-state index in [1.54, 1.807) is 20.1 Å². The number of carbonyl (C=O) groups is 1. The highest BCUT2D eigenvalue weighted by Crippen LogP contribution is 2.24. The second-order valence-electron chi connectivity index (χ2n) is 3.72. The average Bonchev–Trinajstić information content (AvgIpc) is 2.29. The summed E-state index contributed by atoms with van der Waals surface area (Å²) in [6, 6.07) is 4.25. The molecule has 1 rings (SSSR count). The molecule has 6 heteroatoms. The monoisotopic (exact) mass is 258 g/mol. The Morgan fingerprint density at radius 1 is 1.39 bits per heavy atom. The molecular formula is C12H13F3N2O. The maximum absolute atomic E-state index is 12.4. The summed E-state index contributed by atoms with van der Waals surface area (Å²) in [5.74, 6) is -1.09. The molecule has 0 N–H and O–H groups in total. The molecule has 0 saturated carbocycles. The van der Waals surface area contributed by atoms with Crippen LogP contribution in [0.4, 0.5) is 18.9 Å². The molecule has 0 spiro atoms. The Bertz CT molecular complexity index is 481. The first-order valence-electron chi connectivity index (χ1n) is 5.21. The molecular weight excluding hydrogens is 245 g/mol. The van der Waals surface area contributed by atoms with E-state index in [2.05, 4.69) is 4.99 Å². The second-order valence-corrected chi connectivity index (χ2v) is 3.72. The lowest BCUT2D eigenvalue weighted by Crippen LogP contribution is -2.39. The van der Waals surface area contributed by atoms with E-state index in [-0.39, 0.29) is 10.5 Å². The summed E-state index contributed by atoms with van der Waals surface area (Å²) in [7, 11) is 0.704. The van der Waals surface area contributed by atoms with Crippen molar-refractivity contribution in [2.45, 2.75) is 20.1 Å². The van der Waals surface area contributed by atoms with Crippen molar-refractivity contribution in [1.82, 2.24) is 4.90 Å². The van der Waals surface area contributed by atoms with Crippen LogP contribution in [0.2, 0.25) is 0 Å². The van der Waals surface area contributed by atoms with Gasteiger partial charge in [0.15, 0.2) is 0 Å². The quantitative estimate of drug-likeness (QED) is 0.591. The third kappa shape index (κ3) is 3.09. The number of rotatable bonds is 2. The second kappa shape index (κ2) is 5.20. The summed E-state index contributed by atoms with van der Waals surface area (Å²) < 4.78 is 37.1. The van der Waals surface area contributed by atoms with Gasteiger partial charge in [-0.2, -0.15) is 0 Å². The molecule has 0 radical (unpaired) electrons. The first kappa shape index (κ1) is 14.2. The van der Waals surface area contributed by atoms with Crippen LogP contribution in [0, 0.1) is 6.92 Å². The van der Waals surface area contributed by atoms with Crippen molar-refractivity contribution in [2.75, 3.05) is 7.05 Å². The number of amides is 1. The van der Waals surface area contributed by atoms with Crippen LogP contribution in [0.3, 0.4) is 0 Å². The van der Waals surface area contributed by atoms with E-state index in [9.17, 15) is 18.0 Å². The molecule has 3 nitrogen and oxygen atoms in total. The van der Waals surface area contributed by atoms with E-state index < -0.39 is 12.2 Å². The van der Waals surface area contributed by atoms with Crippen molar-refractivity contribution in [3.63, 3.8) is 0 Å². The largest absolute Gasteiger partial charge is 0.487 e. The number of nitrogens with zero attached hydrogens (tertiary/aromatic N) is 2. The van der Waals surface area contributed by atoms with Gasteiger partial charge in [-0.1, -0.05) is 0 Å². The lowest BCUT2D eigenvalue weighted by Gasteiger charge is -2.20. The Hall–Kier alpha value is -1.85. The summed E-state index contributed by atoms with van der Waals surface area (Å²) in [5, 5.41) is 0. The number of hydrogen-bond donors (Lipinski definition) is 0. The van der Waals surface area contributed by atoms with Gasteiger partial charge in [-0.05, 0) is 37.6 Å². The summed E-state index contributed by atoms with van der Waals surface area (Å²) in [6.07, 6.45) is -3.10. The van der Waals surface area contributed by atoms with Crippen LogP contribution in [-0.4, -0.2) is 30.4 Å². The van der Waals surface area contributed by atoms with Crippen molar-refractivity contribution in [1.29, 1.82) is 0 Å². The fourth-order valence-corrected chi connectivity index (χ4v) is 1.38. The molecule has 0 atom stereocenters.